The number of carbonyl (C=O) groups is 2. The molecule has 2 amide bonds. The van der Waals surface area contributed by atoms with Crippen molar-refractivity contribution in [2.75, 3.05) is 13.1 Å². The van der Waals surface area contributed by atoms with Crippen LogP contribution in [0.2, 0.25) is 0 Å². The summed E-state index contributed by atoms with van der Waals surface area (Å²) in [5.74, 6) is -0.648. The first-order valence-corrected chi connectivity index (χ1v) is 8.35. The van der Waals surface area contributed by atoms with E-state index in [1.807, 2.05) is 12.1 Å². The van der Waals surface area contributed by atoms with Gasteiger partial charge in [-0.25, -0.2) is 9.18 Å². The van der Waals surface area contributed by atoms with E-state index in [9.17, 15) is 14.0 Å². The first kappa shape index (κ1) is 17.1. The lowest BCUT2D eigenvalue weighted by atomic mass is 9.90. The maximum Gasteiger partial charge on any atom is 0.317 e. The third-order valence-corrected chi connectivity index (χ3v) is 4.37. The van der Waals surface area contributed by atoms with Gasteiger partial charge in [-0.3, -0.25) is 9.78 Å². The van der Waals surface area contributed by atoms with Crippen molar-refractivity contribution in [2.24, 2.45) is 5.92 Å². The number of hydrogen-bond donors (Lipinski definition) is 1. The summed E-state index contributed by atoms with van der Waals surface area (Å²) in [6.07, 6.45) is 4.90. The van der Waals surface area contributed by atoms with Gasteiger partial charge in [-0.1, -0.05) is 6.07 Å². The minimum atomic E-state index is -0.364. The molecule has 1 aromatic carbocycles. The molecule has 2 heterocycles. The molecule has 1 aliphatic heterocycles. The van der Waals surface area contributed by atoms with Crippen LogP contribution in [0.1, 0.15) is 28.8 Å². The Morgan fingerprint density at radius 1 is 1.24 bits per heavy atom. The second-order valence-corrected chi connectivity index (χ2v) is 6.18. The molecule has 1 fully saturated rings. The number of urea groups is 1. The van der Waals surface area contributed by atoms with Crippen LogP contribution < -0.4 is 5.32 Å². The highest BCUT2D eigenvalue weighted by Gasteiger charge is 2.28. The fraction of sp³-hybridized carbons (Fsp3) is 0.316. The van der Waals surface area contributed by atoms with Gasteiger partial charge in [-0.15, -0.1) is 0 Å². The average molecular weight is 341 g/mol. The highest BCUT2D eigenvalue weighted by Crippen LogP contribution is 2.21. The number of hydrogen-bond acceptors (Lipinski definition) is 3. The molecule has 1 saturated heterocycles. The summed E-state index contributed by atoms with van der Waals surface area (Å²) < 4.78 is 13.0. The number of benzene rings is 1. The molecule has 0 unspecified atom stereocenters. The van der Waals surface area contributed by atoms with Crippen LogP contribution >= 0.6 is 0 Å². The van der Waals surface area contributed by atoms with Crippen molar-refractivity contribution in [3.05, 3.63) is 65.7 Å². The summed E-state index contributed by atoms with van der Waals surface area (Å²) in [5.41, 5.74) is 1.41. The maximum atomic E-state index is 13.0. The third-order valence-electron chi connectivity index (χ3n) is 4.37. The zero-order valence-corrected chi connectivity index (χ0v) is 13.8. The number of nitrogens with one attached hydrogen (secondary N) is 1. The van der Waals surface area contributed by atoms with Gasteiger partial charge < -0.3 is 10.2 Å². The molecule has 1 N–H and O–H groups in total. The lowest BCUT2D eigenvalue weighted by molar-refractivity contribution is 0.0845. The molecule has 0 bridgehead atoms. The van der Waals surface area contributed by atoms with E-state index >= 15 is 0 Å². The van der Waals surface area contributed by atoms with Crippen LogP contribution in [0.4, 0.5) is 9.18 Å². The normalized spacial score (nSPS) is 17.2. The maximum absolute atomic E-state index is 13.0. The van der Waals surface area contributed by atoms with Gasteiger partial charge >= 0.3 is 6.03 Å². The minimum absolute atomic E-state index is 0.0373. The zero-order valence-electron chi connectivity index (χ0n) is 13.8. The molecular formula is C19H20FN3O2. The van der Waals surface area contributed by atoms with Gasteiger partial charge in [0.25, 0.3) is 0 Å². The van der Waals surface area contributed by atoms with E-state index < -0.39 is 0 Å². The number of pyridine rings is 1. The van der Waals surface area contributed by atoms with E-state index in [-0.39, 0.29) is 23.5 Å². The summed E-state index contributed by atoms with van der Waals surface area (Å²) >= 11 is 0. The zero-order chi connectivity index (χ0) is 17.6. The summed E-state index contributed by atoms with van der Waals surface area (Å²) in [5, 5.41) is 2.86. The van der Waals surface area contributed by atoms with Crippen molar-refractivity contribution in [3.63, 3.8) is 0 Å². The molecule has 0 aliphatic carbocycles. The molecule has 0 spiro atoms. The Kier molecular flexibility index (Phi) is 5.38. The predicted octanol–water partition coefficient (Wildman–Crippen LogP) is 3.03. The third kappa shape index (κ3) is 4.41. The van der Waals surface area contributed by atoms with Crippen LogP contribution in [0.15, 0.2) is 48.8 Å². The van der Waals surface area contributed by atoms with Crippen molar-refractivity contribution in [1.29, 1.82) is 0 Å². The SMILES string of the molecule is O=C(c1ccc(F)cc1)[C@H]1CCCN(C(=O)NCc2cccnc2)C1. The summed E-state index contributed by atoms with van der Waals surface area (Å²) in [6.45, 7) is 1.42. The van der Waals surface area contributed by atoms with E-state index in [0.717, 1.165) is 18.4 Å². The Morgan fingerprint density at radius 3 is 2.76 bits per heavy atom. The average Bonchev–Trinajstić information content (AvgIpc) is 2.67. The fourth-order valence-electron chi connectivity index (χ4n) is 3.02. The molecule has 130 valence electrons. The first-order valence-electron chi connectivity index (χ1n) is 8.35. The van der Waals surface area contributed by atoms with E-state index in [4.69, 9.17) is 0 Å². The lowest BCUT2D eigenvalue weighted by Crippen LogP contribution is -2.46. The highest BCUT2D eigenvalue weighted by molar-refractivity contribution is 5.98. The Labute approximate surface area is 145 Å². The van der Waals surface area contributed by atoms with Crippen molar-refractivity contribution in [1.82, 2.24) is 15.2 Å². The van der Waals surface area contributed by atoms with Crippen LogP contribution in [0.25, 0.3) is 0 Å². The Hall–Kier alpha value is -2.76. The van der Waals surface area contributed by atoms with Crippen molar-refractivity contribution in [3.8, 4) is 0 Å². The van der Waals surface area contributed by atoms with Gasteiger partial charge in [-0.2, -0.15) is 0 Å². The number of rotatable bonds is 4. The molecule has 1 atom stereocenters. The van der Waals surface area contributed by atoms with E-state index in [1.165, 1.54) is 24.3 Å². The van der Waals surface area contributed by atoms with E-state index in [0.29, 0.717) is 25.2 Å². The van der Waals surface area contributed by atoms with Gasteiger partial charge in [0, 0.05) is 43.5 Å². The van der Waals surface area contributed by atoms with Crippen molar-refractivity contribution in [2.45, 2.75) is 19.4 Å². The molecule has 1 aliphatic rings. The number of nitrogens with zero attached hydrogens (tertiary/aromatic N) is 2. The van der Waals surface area contributed by atoms with Crippen LogP contribution in [-0.2, 0) is 6.54 Å². The van der Waals surface area contributed by atoms with E-state index in [1.54, 1.807) is 17.3 Å². The number of amides is 2. The van der Waals surface area contributed by atoms with Crippen LogP contribution in [0, 0.1) is 11.7 Å². The quantitative estimate of drug-likeness (QED) is 0.870. The number of Topliss-reactive ketones (excluding diaryl/α,β-unsaturated/α-hetero) is 1. The number of aromatic nitrogens is 1. The van der Waals surface area contributed by atoms with Gasteiger partial charge in [0.05, 0.1) is 0 Å². The molecular weight excluding hydrogens is 321 g/mol. The number of ketones is 1. The minimum Gasteiger partial charge on any atom is -0.334 e. The number of halogens is 1. The second-order valence-electron chi connectivity index (χ2n) is 6.18. The van der Waals surface area contributed by atoms with Gasteiger partial charge in [-0.05, 0) is 48.7 Å². The van der Waals surface area contributed by atoms with E-state index in [2.05, 4.69) is 10.3 Å². The Bertz CT molecular complexity index is 734. The smallest absolute Gasteiger partial charge is 0.317 e. The Balaban J connectivity index is 1.57. The molecule has 3 rings (SSSR count). The summed E-state index contributed by atoms with van der Waals surface area (Å²) in [7, 11) is 0. The molecule has 2 aromatic rings. The highest BCUT2D eigenvalue weighted by atomic mass is 19.1. The van der Waals surface area contributed by atoms with Gasteiger partial charge in [0.1, 0.15) is 5.82 Å². The number of piperidine rings is 1. The molecule has 6 heteroatoms. The molecule has 0 radical (unpaired) electrons. The molecule has 0 saturated carbocycles. The van der Waals surface area contributed by atoms with Crippen molar-refractivity contribution >= 4 is 11.8 Å². The lowest BCUT2D eigenvalue weighted by Gasteiger charge is -2.32. The fourth-order valence-corrected chi connectivity index (χ4v) is 3.02. The largest absolute Gasteiger partial charge is 0.334 e. The van der Waals surface area contributed by atoms with Crippen LogP contribution in [0.3, 0.4) is 0 Å². The Morgan fingerprint density at radius 2 is 2.04 bits per heavy atom. The second kappa shape index (κ2) is 7.88. The van der Waals surface area contributed by atoms with Gasteiger partial charge in [0.2, 0.25) is 0 Å². The molecule has 5 nitrogen and oxygen atoms in total. The predicted molar refractivity (Wildman–Crippen MR) is 91.5 cm³/mol. The monoisotopic (exact) mass is 341 g/mol. The molecule has 1 aromatic heterocycles. The number of carbonyl (C=O) groups excluding carboxylic acids is 2. The summed E-state index contributed by atoms with van der Waals surface area (Å²) in [6, 6.07) is 9.10. The van der Waals surface area contributed by atoms with Crippen molar-refractivity contribution < 1.29 is 14.0 Å². The topological polar surface area (TPSA) is 62.3 Å². The summed E-state index contributed by atoms with van der Waals surface area (Å²) in [4.78, 5) is 30.6. The first-order chi connectivity index (χ1) is 12.1. The van der Waals surface area contributed by atoms with Crippen LogP contribution in [-0.4, -0.2) is 34.8 Å². The van der Waals surface area contributed by atoms with Crippen LogP contribution in [0.5, 0.6) is 0 Å². The van der Waals surface area contributed by atoms with Gasteiger partial charge in [0.15, 0.2) is 5.78 Å². The standard InChI is InChI=1S/C19H20FN3O2/c20-17-7-5-15(6-8-17)18(24)16-4-2-10-23(13-16)19(25)22-12-14-3-1-9-21-11-14/h1,3,5-9,11,16H,2,4,10,12-13H2,(H,22,25)/t16-/m0/s1. The molecule has 25 heavy (non-hydrogen) atoms. The number of likely N-dealkylation sites (tertiary alicyclic amines) is 1.